The second kappa shape index (κ2) is 6.54. The van der Waals surface area contributed by atoms with Crippen LogP contribution in [0.4, 0.5) is 0 Å². The van der Waals surface area contributed by atoms with Gasteiger partial charge >= 0.3 is 0 Å². The number of rotatable bonds is 2. The molecule has 28 heavy (non-hydrogen) atoms. The normalized spacial score (nSPS) is 16.7. The average Bonchev–Trinajstić information content (AvgIpc) is 3.34. The molecular weight excluding hydrogens is 355 g/mol. The molecule has 0 atom stereocenters. The summed E-state index contributed by atoms with van der Waals surface area (Å²) in [6.45, 7) is 3.72. The first kappa shape index (κ1) is 17.1. The van der Waals surface area contributed by atoms with Crippen LogP contribution in [0.2, 0.25) is 0 Å². The smallest absolute Gasteiger partial charge is 0.253 e. The van der Waals surface area contributed by atoms with Crippen molar-refractivity contribution < 1.29 is 14.3 Å². The van der Waals surface area contributed by atoms with Crippen LogP contribution >= 0.6 is 0 Å². The first-order chi connectivity index (χ1) is 13.6. The summed E-state index contributed by atoms with van der Waals surface area (Å²) in [5.74, 6) is 1.74. The van der Waals surface area contributed by atoms with Crippen LogP contribution in [-0.2, 0) is 0 Å². The highest BCUT2D eigenvalue weighted by atomic mass is 16.7. The lowest BCUT2D eigenvalue weighted by Gasteiger charge is -2.32. The Morgan fingerprint density at radius 3 is 2.79 bits per heavy atom. The number of hydrogen-bond donors (Lipinski definition) is 0. The lowest BCUT2D eigenvalue weighted by molar-refractivity contribution is 0.0711. The number of fused-ring (bicyclic) bond motifs is 2. The third-order valence-electron chi connectivity index (χ3n) is 5.67. The standard InChI is InChI=1S/C20H21BN4O3/c1-12-8-16(23-19-15(21)10-22-25(12)19)13-4-6-24(7-5-13)20(26)14-2-3-17-18(9-14)28-11-27-17/h2-3,8-10,13H,4-7,11,21H2,1H3. The van der Waals surface area contributed by atoms with Gasteiger partial charge in [0.25, 0.3) is 5.91 Å². The molecule has 142 valence electrons. The molecule has 1 saturated heterocycles. The molecule has 3 aromatic rings. The molecule has 8 heteroatoms. The number of aryl methyl sites for hydroxylation is 1. The molecule has 2 aliphatic heterocycles. The third-order valence-corrected chi connectivity index (χ3v) is 5.67. The average molecular weight is 376 g/mol. The molecule has 2 aromatic heterocycles. The van der Waals surface area contributed by atoms with Crippen molar-refractivity contribution in [1.29, 1.82) is 0 Å². The van der Waals surface area contributed by atoms with E-state index in [1.54, 1.807) is 12.1 Å². The van der Waals surface area contributed by atoms with E-state index in [4.69, 9.17) is 14.5 Å². The highest BCUT2D eigenvalue weighted by Gasteiger charge is 2.27. The monoisotopic (exact) mass is 376 g/mol. The van der Waals surface area contributed by atoms with Gasteiger partial charge in [-0.1, -0.05) is 0 Å². The molecular formula is C20H21BN4O3. The second-order valence-electron chi connectivity index (χ2n) is 7.52. The van der Waals surface area contributed by atoms with Crippen molar-refractivity contribution in [2.24, 2.45) is 0 Å². The van der Waals surface area contributed by atoms with E-state index >= 15 is 0 Å². The summed E-state index contributed by atoms with van der Waals surface area (Å²) in [6.07, 6.45) is 3.67. The van der Waals surface area contributed by atoms with Crippen LogP contribution in [0.3, 0.4) is 0 Å². The number of ether oxygens (including phenoxy) is 2. The Morgan fingerprint density at radius 1 is 1.18 bits per heavy atom. The van der Waals surface area contributed by atoms with Crippen molar-refractivity contribution in [1.82, 2.24) is 19.5 Å². The predicted molar refractivity (Wildman–Crippen MR) is 106 cm³/mol. The Hall–Kier alpha value is -3.03. The van der Waals surface area contributed by atoms with E-state index in [0.29, 0.717) is 23.0 Å². The minimum absolute atomic E-state index is 0.0444. The summed E-state index contributed by atoms with van der Waals surface area (Å²) in [7, 11) is 2.03. The van der Waals surface area contributed by atoms with Crippen molar-refractivity contribution in [2.45, 2.75) is 25.7 Å². The maximum Gasteiger partial charge on any atom is 0.253 e. The zero-order valence-corrected chi connectivity index (χ0v) is 16.0. The van der Waals surface area contributed by atoms with E-state index in [9.17, 15) is 4.79 Å². The Morgan fingerprint density at radius 2 is 1.96 bits per heavy atom. The van der Waals surface area contributed by atoms with E-state index in [1.807, 2.05) is 29.5 Å². The molecule has 1 amide bonds. The number of aromatic nitrogens is 3. The molecule has 0 spiro atoms. The van der Waals surface area contributed by atoms with Crippen molar-refractivity contribution in [3.8, 4) is 11.5 Å². The van der Waals surface area contributed by atoms with Crippen LogP contribution in [0, 0.1) is 6.92 Å². The molecule has 7 nitrogen and oxygen atoms in total. The first-order valence-electron chi connectivity index (χ1n) is 9.61. The molecule has 0 N–H and O–H groups in total. The summed E-state index contributed by atoms with van der Waals surface area (Å²) < 4.78 is 12.6. The predicted octanol–water partition coefficient (Wildman–Crippen LogP) is 1.04. The summed E-state index contributed by atoms with van der Waals surface area (Å²) in [4.78, 5) is 19.7. The fraction of sp³-hybridized carbons (Fsp3) is 0.350. The summed E-state index contributed by atoms with van der Waals surface area (Å²) in [5.41, 5.74) is 4.85. The van der Waals surface area contributed by atoms with Gasteiger partial charge in [-0.3, -0.25) is 4.79 Å². The van der Waals surface area contributed by atoms with Gasteiger partial charge in [0, 0.05) is 42.2 Å². The fourth-order valence-electron chi connectivity index (χ4n) is 4.05. The SMILES string of the molecule is Bc1cnn2c(C)cc(C3CCN(C(=O)c4ccc5c(c4)OCO5)CC3)nc12. The van der Waals surface area contributed by atoms with Gasteiger partial charge in [-0.2, -0.15) is 5.10 Å². The highest BCUT2D eigenvalue weighted by Crippen LogP contribution is 2.34. The molecule has 0 radical (unpaired) electrons. The van der Waals surface area contributed by atoms with Gasteiger partial charge in [-0.05, 0) is 49.5 Å². The Bertz CT molecular complexity index is 1070. The summed E-state index contributed by atoms with van der Waals surface area (Å²) in [6, 6.07) is 7.51. The van der Waals surface area contributed by atoms with Gasteiger partial charge in [-0.25, -0.2) is 9.50 Å². The van der Waals surface area contributed by atoms with Gasteiger partial charge in [0.05, 0.1) is 0 Å². The van der Waals surface area contributed by atoms with Crippen LogP contribution in [0.15, 0.2) is 30.5 Å². The molecule has 0 aliphatic carbocycles. The van der Waals surface area contributed by atoms with Crippen LogP contribution in [0.1, 0.15) is 40.5 Å². The largest absolute Gasteiger partial charge is 0.454 e. The first-order valence-corrected chi connectivity index (χ1v) is 9.61. The summed E-state index contributed by atoms with van der Waals surface area (Å²) in [5, 5.41) is 4.38. The zero-order valence-electron chi connectivity index (χ0n) is 16.0. The minimum atomic E-state index is 0.0444. The summed E-state index contributed by atoms with van der Waals surface area (Å²) >= 11 is 0. The van der Waals surface area contributed by atoms with Gasteiger partial charge in [-0.15, -0.1) is 0 Å². The van der Waals surface area contributed by atoms with Crippen molar-refractivity contribution >= 4 is 24.9 Å². The number of carbonyl (C=O) groups excluding carboxylic acids is 1. The Labute approximate surface area is 163 Å². The van der Waals surface area contributed by atoms with Crippen LogP contribution in [-0.4, -0.2) is 53.1 Å². The van der Waals surface area contributed by atoms with Gasteiger partial charge < -0.3 is 14.4 Å². The van der Waals surface area contributed by atoms with Crippen molar-refractivity contribution in [3.05, 3.63) is 47.4 Å². The number of piperidine rings is 1. The van der Waals surface area contributed by atoms with Gasteiger partial charge in [0.15, 0.2) is 11.5 Å². The lowest BCUT2D eigenvalue weighted by atomic mass is 9.92. The maximum atomic E-state index is 12.9. The number of nitrogens with zero attached hydrogens (tertiary/aromatic N) is 4. The topological polar surface area (TPSA) is 69.0 Å². The van der Waals surface area contributed by atoms with Crippen LogP contribution < -0.4 is 14.9 Å². The molecule has 1 aromatic carbocycles. The molecule has 0 bridgehead atoms. The van der Waals surface area contributed by atoms with E-state index in [2.05, 4.69) is 18.1 Å². The number of likely N-dealkylation sites (tertiary alicyclic amines) is 1. The molecule has 5 rings (SSSR count). The maximum absolute atomic E-state index is 12.9. The minimum Gasteiger partial charge on any atom is -0.454 e. The second-order valence-corrected chi connectivity index (χ2v) is 7.52. The number of amides is 1. The van der Waals surface area contributed by atoms with Gasteiger partial charge in [0.2, 0.25) is 6.79 Å². The van der Waals surface area contributed by atoms with Crippen molar-refractivity contribution in [3.63, 3.8) is 0 Å². The molecule has 4 heterocycles. The Kier molecular flexibility index (Phi) is 4.00. The van der Waals surface area contributed by atoms with E-state index in [0.717, 1.165) is 48.4 Å². The van der Waals surface area contributed by atoms with Crippen LogP contribution in [0.25, 0.3) is 5.65 Å². The fourth-order valence-corrected chi connectivity index (χ4v) is 4.05. The quantitative estimate of drug-likeness (QED) is 0.626. The van der Waals surface area contributed by atoms with E-state index in [1.165, 1.54) is 0 Å². The van der Waals surface area contributed by atoms with E-state index < -0.39 is 0 Å². The molecule has 2 aliphatic rings. The lowest BCUT2D eigenvalue weighted by Crippen LogP contribution is -2.38. The number of carbonyl (C=O) groups is 1. The number of benzene rings is 1. The molecule has 0 unspecified atom stereocenters. The van der Waals surface area contributed by atoms with E-state index in [-0.39, 0.29) is 12.7 Å². The van der Waals surface area contributed by atoms with Crippen molar-refractivity contribution in [2.75, 3.05) is 19.9 Å². The highest BCUT2D eigenvalue weighted by molar-refractivity contribution is 6.36. The molecule has 1 fully saturated rings. The zero-order chi connectivity index (χ0) is 19.3. The van der Waals surface area contributed by atoms with Crippen LogP contribution in [0.5, 0.6) is 11.5 Å². The Balaban J connectivity index is 1.31. The van der Waals surface area contributed by atoms with Gasteiger partial charge in [0.1, 0.15) is 13.5 Å². The number of hydrogen-bond acceptors (Lipinski definition) is 5. The third kappa shape index (κ3) is 2.80. The molecule has 0 saturated carbocycles.